The van der Waals surface area contributed by atoms with Crippen molar-refractivity contribution in [2.45, 2.75) is 19.3 Å². The largest absolute Gasteiger partial charge is 0.550 e. The van der Waals surface area contributed by atoms with Gasteiger partial charge in [0, 0.05) is 12.4 Å². The molecule has 6 nitrogen and oxygen atoms in total. The van der Waals surface area contributed by atoms with E-state index in [0.29, 0.717) is 5.00 Å². The molecule has 1 heterocycles. The van der Waals surface area contributed by atoms with E-state index in [1.165, 1.54) is 17.4 Å². The van der Waals surface area contributed by atoms with Gasteiger partial charge in [-0.2, -0.15) is 0 Å². The Bertz CT molecular complexity index is 441. The van der Waals surface area contributed by atoms with Crippen LogP contribution in [0.15, 0.2) is 11.4 Å². The van der Waals surface area contributed by atoms with Crippen molar-refractivity contribution in [3.63, 3.8) is 0 Å². The summed E-state index contributed by atoms with van der Waals surface area (Å²) in [5, 5.41) is 14.7. The fraction of sp³-hybridized carbons (Fsp3) is 0.300. The van der Waals surface area contributed by atoms with Crippen molar-refractivity contribution in [3.8, 4) is 0 Å². The smallest absolute Gasteiger partial charge is 0.251 e. The molecule has 0 atom stereocenters. The van der Waals surface area contributed by atoms with Gasteiger partial charge in [-0.05, 0) is 24.3 Å². The molecule has 0 saturated carbocycles. The van der Waals surface area contributed by atoms with Crippen LogP contribution in [0.2, 0.25) is 0 Å². The van der Waals surface area contributed by atoms with Crippen LogP contribution in [-0.2, 0) is 9.59 Å². The lowest BCUT2D eigenvalue weighted by molar-refractivity contribution is -0.305. The van der Waals surface area contributed by atoms with Crippen LogP contribution in [0, 0.1) is 0 Å². The van der Waals surface area contributed by atoms with E-state index in [4.69, 9.17) is 5.73 Å². The molecule has 1 rings (SSSR count). The maximum Gasteiger partial charge on any atom is 0.251 e. The molecule has 0 radical (unpaired) electrons. The van der Waals surface area contributed by atoms with Crippen molar-refractivity contribution in [2.75, 3.05) is 5.32 Å². The van der Waals surface area contributed by atoms with E-state index in [1.807, 2.05) is 0 Å². The Labute approximate surface area is 101 Å². The third-order valence-electron chi connectivity index (χ3n) is 1.97. The number of anilines is 1. The number of carbonyl (C=O) groups excluding carboxylic acids is 3. The number of amides is 2. The van der Waals surface area contributed by atoms with Gasteiger partial charge in [0.2, 0.25) is 5.91 Å². The number of carboxylic acids is 1. The van der Waals surface area contributed by atoms with E-state index in [-0.39, 0.29) is 30.7 Å². The molecular weight excluding hydrogens is 244 g/mol. The van der Waals surface area contributed by atoms with Crippen molar-refractivity contribution >= 4 is 34.1 Å². The van der Waals surface area contributed by atoms with Crippen LogP contribution in [0.5, 0.6) is 0 Å². The molecule has 0 fully saturated rings. The summed E-state index contributed by atoms with van der Waals surface area (Å²) < 4.78 is 0. The van der Waals surface area contributed by atoms with E-state index < -0.39 is 11.9 Å². The molecule has 0 unspecified atom stereocenters. The standard InChI is InChI=1S/C10H12N2O4S/c11-9(16)6-4-5-17-10(6)12-7(13)2-1-3-8(14)15/h4-5H,1-3H2,(H2,11,16)(H,12,13)(H,14,15)/p-1. The Balaban J connectivity index is 2.48. The number of aliphatic carboxylic acids is 1. The predicted molar refractivity (Wildman–Crippen MR) is 60.3 cm³/mol. The predicted octanol–water partition coefficient (Wildman–Crippen LogP) is -0.294. The Kier molecular flexibility index (Phi) is 4.65. The molecule has 1 aromatic heterocycles. The molecule has 7 heteroatoms. The minimum Gasteiger partial charge on any atom is -0.550 e. The summed E-state index contributed by atoms with van der Waals surface area (Å²) in [7, 11) is 0. The van der Waals surface area contributed by atoms with Crippen molar-refractivity contribution in [1.82, 2.24) is 0 Å². The second-order valence-corrected chi connectivity index (χ2v) is 4.22. The number of primary amides is 1. The first kappa shape index (κ1) is 13.2. The quantitative estimate of drug-likeness (QED) is 0.726. The first-order valence-electron chi connectivity index (χ1n) is 4.87. The van der Waals surface area contributed by atoms with Gasteiger partial charge in [-0.1, -0.05) is 0 Å². The molecule has 92 valence electrons. The van der Waals surface area contributed by atoms with Crippen LogP contribution in [0.3, 0.4) is 0 Å². The Morgan fingerprint density at radius 3 is 2.65 bits per heavy atom. The first-order valence-corrected chi connectivity index (χ1v) is 5.75. The normalized spacial score (nSPS) is 9.88. The van der Waals surface area contributed by atoms with Crippen molar-refractivity contribution in [2.24, 2.45) is 5.73 Å². The second kappa shape index (κ2) is 6.00. The minimum absolute atomic E-state index is 0.0596. The Hall–Kier alpha value is -1.89. The molecule has 2 amide bonds. The van der Waals surface area contributed by atoms with Crippen LogP contribution in [0.1, 0.15) is 29.6 Å². The molecular formula is C10H11N2O4S-. The number of hydrogen-bond donors (Lipinski definition) is 2. The zero-order chi connectivity index (χ0) is 12.8. The van der Waals surface area contributed by atoms with Gasteiger partial charge in [0.15, 0.2) is 0 Å². The highest BCUT2D eigenvalue weighted by atomic mass is 32.1. The van der Waals surface area contributed by atoms with Crippen LogP contribution < -0.4 is 16.2 Å². The van der Waals surface area contributed by atoms with Gasteiger partial charge in [-0.25, -0.2) is 0 Å². The SMILES string of the molecule is NC(=O)c1ccsc1NC(=O)CCCC(=O)[O-]. The maximum absolute atomic E-state index is 11.4. The number of rotatable bonds is 6. The fourth-order valence-electron chi connectivity index (χ4n) is 1.18. The molecule has 17 heavy (non-hydrogen) atoms. The van der Waals surface area contributed by atoms with Gasteiger partial charge in [0.1, 0.15) is 5.00 Å². The minimum atomic E-state index is -1.19. The van der Waals surface area contributed by atoms with Crippen molar-refractivity contribution < 1.29 is 19.5 Å². The number of carboxylic acid groups (broad SMARTS) is 1. The second-order valence-electron chi connectivity index (χ2n) is 3.30. The monoisotopic (exact) mass is 255 g/mol. The zero-order valence-corrected chi connectivity index (χ0v) is 9.71. The average molecular weight is 255 g/mol. The van der Waals surface area contributed by atoms with Gasteiger partial charge < -0.3 is 21.0 Å². The highest BCUT2D eigenvalue weighted by molar-refractivity contribution is 7.14. The topological polar surface area (TPSA) is 112 Å². The van der Waals surface area contributed by atoms with Gasteiger partial charge in [0.05, 0.1) is 5.56 Å². The highest BCUT2D eigenvalue weighted by Crippen LogP contribution is 2.22. The molecule has 0 aliphatic rings. The van der Waals surface area contributed by atoms with Crippen molar-refractivity contribution in [1.29, 1.82) is 0 Å². The van der Waals surface area contributed by atoms with E-state index in [2.05, 4.69) is 5.32 Å². The van der Waals surface area contributed by atoms with E-state index >= 15 is 0 Å². The number of hydrogen-bond acceptors (Lipinski definition) is 5. The molecule has 0 saturated heterocycles. The molecule has 0 spiro atoms. The first-order chi connectivity index (χ1) is 8.00. The number of thiophene rings is 1. The van der Waals surface area contributed by atoms with E-state index in [1.54, 1.807) is 5.38 Å². The molecule has 0 aliphatic heterocycles. The summed E-state index contributed by atoms with van der Waals surface area (Å²) in [6.45, 7) is 0. The summed E-state index contributed by atoms with van der Waals surface area (Å²) in [6.07, 6.45) is 0.0933. The van der Waals surface area contributed by atoms with Gasteiger partial charge >= 0.3 is 0 Å². The summed E-state index contributed by atoms with van der Waals surface area (Å²) in [6, 6.07) is 1.52. The lowest BCUT2D eigenvalue weighted by Gasteiger charge is -2.04. The summed E-state index contributed by atoms with van der Waals surface area (Å²) in [5.41, 5.74) is 5.36. The van der Waals surface area contributed by atoms with Crippen LogP contribution >= 0.6 is 11.3 Å². The zero-order valence-electron chi connectivity index (χ0n) is 8.89. The summed E-state index contributed by atoms with van der Waals surface area (Å²) in [5.74, 6) is -2.15. The summed E-state index contributed by atoms with van der Waals surface area (Å²) >= 11 is 1.18. The summed E-state index contributed by atoms with van der Waals surface area (Å²) in [4.78, 5) is 32.5. The lowest BCUT2D eigenvalue weighted by Crippen LogP contribution is -2.22. The third kappa shape index (κ3) is 4.23. The molecule has 0 bridgehead atoms. The lowest BCUT2D eigenvalue weighted by atomic mass is 10.2. The van der Waals surface area contributed by atoms with E-state index in [0.717, 1.165) is 0 Å². The van der Waals surface area contributed by atoms with Crippen molar-refractivity contribution in [3.05, 3.63) is 17.0 Å². The fourth-order valence-corrected chi connectivity index (χ4v) is 1.99. The Morgan fingerprint density at radius 1 is 1.35 bits per heavy atom. The van der Waals surface area contributed by atoms with Gasteiger partial charge in [-0.15, -0.1) is 11.3 Å². The van der Waals surface area contributed by atoms with Crippen LogP contribution in [-0.4, -0.2) is 17.8 Å². The third-order valence-corrected chi connectivity index (χ3v) is 2.80. The van der Waals surface area contributed by atoms with Crippen LogP contribution in [0.25, 0.3) is 0 Å². The number of carbonyl (C=O) groups is 3. The van der Waals surface area contributed by atoms with Crippen LogP contribution in [0.4, 0.5) is 5.00 Å². The molecule has 3 N–H and O–H groups in total. The highest BCUT2D eigenvalue weighted by Gasteiger charge is 2.11. The molecule has 0 aromatic carbocycles. The van der Waals surface area contributed by atoms with Gasteiger partial charge in [-0.3, -0.25) is 9.59 Å². The average Bonchev–Trinajstić information content (AvgIpc) is 2.65. The Morgan fingerprint density at radius 2 is 2.06 bits per heavy atom. The van der Waals surface area contributed by atoms with E-state index in [9.17, 15) is 19.5 Å². The molecule has 1 aromatic rings. The van der Waals surface area contributed by atoms with Gasteiger partial charge in [0.25, 0.3) is 5.91 Å². The number of nitrogens with two attached hydrogens (primary N) is 1. The number of nitrogens with one attached hydrogen (secondary N) is 1. The maximum atomic E-state index is 11.4. The molecule has 0 aliphatic carbocycles.